The molecule has 0 spiro atoms. The van der Waals surface area contributed by atoms with E-state index in [9.17, 15) is 4.79 Å². The van der Waals surface area contributed by atoms with Crippen molar-refractivity contribution >= 4 is 16.9 Å². The Kier molecular flexibility index (Phi) is 3.65. The molecule has 0 radical (unpaired) electrons. The second kappa shape index (κ2) is 5.77. The zero-order valence-electron chi connectivity index (χ0n) is 12.1. The summed E-state index contributed by atoms with van der Waals surface area (Å²) in [6, 6.07) is 10.1. The Morgan fingerprint density at radius 1 is 1.00 bits per heavy atom. The van der Waals surface area contributed by atoms with Crippen LogP contribution in [-0.2, 0) is 0 Å². The van der Waals surface area contributed by atoms with Gasteiger partial charge in [0.2, 0.25) is 0 Å². The predicted molar refractivity (Wildman–Crippen MR) is 80.6 cm³/mol. The van der Waals surface area contributed by atoms with Gasteiger partial charge in [-0.25, -0.2) is 4.79 Å². The SMILES string of the molecule is COc1cc(OC)cc(C(=O)Oc2ccc3cn[nH]c3c2)c1. The number of carbonyl (C=O) groups excluding carboxylic acids is 1. The van der Waals surface area contributed by atoms with Gasteiger partial charge in [0.1, 0.15) is 17.2 Å². The van der Waals surface area contributed by atoms with Crippen LogP contribution in [0.2, 0.25) is 0 Å². The Morgan fingerprint density at radius 3 is 2.41 bits per heavy atom. The molecule has 1 aromatic heterocycles. The lowest BCUT2D eigenvalue weighted by Crippen LogP contribution is -2.09. The van der Waals surface area contributed by atoms with Gasteiger partial charge in [-0.15, -0.1) is 0 Å². The smallest absolute Gasteiger partial charge is 0.343 e. The van der Waals surface area contributed by atoms with Gasteiger partial charge in [0.15, 0.2) is 0 Å². The predicted octanol–water partition coefficient (Wildman–Crippen LogP) is 2.80. The van der Waals surface area contributed by atoms with Gasteiger partial charge in [-0.3, -0.25) is 5.10 Å². The van der Waals surface area contributed by atoms with Gasteiger partial charge in [-0.05, 0) is 24.3 Å². The maximum absolute atomic E-state index is 12.3. The van der Waals surface area contributed by atoms with Gasteiger partial charge in [0, 0.05) is 17.5 Å². The highest BCUT2D eigenvalue weighted by atomic mass is 16.5. The summed E-state index contributed by atoms with van der Waals surface area (Å²) in [6.45, 7) is 0. The quantitative estimate of drug-likeness (QED) is 0.592. The highest BCUT2D eigenvalue weighted by Crippen LogP contribution is 2.24. The lowest BCUT2D eigenvalue weighted by Gasteiger charge is -2.08. The van der Waals surface area contributed by atoms with Gasteiger partial charge >= 0.3 is 5.97 Å². The number of methoxy groups -OCH3 is 2. The highest BCUT2D eigenvalue weighted by molar-refractivity contribution is 5.92. The Balaban J connectivity index is 1.87. The van der Waals surface area contributed by atoms with Crippen molar-refractivity contribution in [1.82, 2.24) is 10.2 Å². The van der Waals surface area contributed by atoms with Crippen molar-refractivity contribution in [3.05, 3.63) is 48.2 Å². The number of nitrogens with zero attached hydrogens (tertiary/aromatic N) is 1. The van der Waals surface area contributed by atoms with Crippen LogP contribution in [0.25, 0.3) is 10.9 Å². The van der Waals surface area contributed by atoms with Crippen LogP contribution in [0.1, 0.15) is 10.4 Å². The van der Waals surface area contributed by atoms with Gasteiger partial charge in [0.05, 0.1) is 31.5 Å². The number of fused-ring (bicyclic) bond motifs is 1. The van der Waals surface area contributed by atoms with Crippen LogP contribution >= 0.6 is 0 Å². The second-order valence-electron chi connectivity index (χ2n) is 4.61. The molecule has 6 nitrogen and oxygen atoms in total. The average Bonchev–Trinajstić information content (AvgIpc) is 3.01. The maximum Gasteiger partial charge on any atom is 0.343 e. The van der Waals surface area contributed by atoms with Gasteiger partial charge in [-0.1, -0.05) is 0 Å². The van der Waals surface area contributed by atoms with E-state index in [1.165, 1.54) is 14.2 Å². The lowest BCUT2D eigenvalue weighted by molar-refractivity contribution is 0.0734. The minimum Gasteiger partial charge on any atom is -0.497 e. The topological polar surface area (TPSA) is 73.4 Å². The Labute approximate surface area is 126 Å². The molecular weight excluding hydrogens is 284 g/mol. The first kappa shape index (κ1) is 13.9. The largest absolute Gasteiger partial charge is 0.497 e. The van der Waals surface area contributed by atoms with Crippen molar-refractivity contribution in [2.45, 2.75) is 0 Å². The number of nitrogens with one attached hydrogen (secondary N) is 1. The molecule has 0 unspecified atom stereocenters. The van der Waals surface area contributed by atoms with Crippen LogP contribution in [0.3, 0.4) is 0 Å². The second-order valence-corrected chi connectivity index (χ2v) is 4.61. The number of ether oxygens (including phenoxy) is 3. The van der Waals surface area contributed by atoms with Crippen molar-refractivity contribution < 1.29 is 19.0 Å². The first-order chi connectivity index (χ1) is 10.7. The zero-order valence-corrected chi connectivity index (χ0v) is 12.1. The fraction of sp³-hybridized carbons (Fsp3) is 0.125. The summed E-state index contributed by atoms with van der Waals surface area (Å²) < 4.78 is 15.7. The van der Waals surface area contributed by atoms with E-state index >= 15 is 0 Å². The number of rotatable bonds is 4. The number of hydrogen-bond acceptors (Lipinski definition) is 5. The normalized spacial score (nSPS) is 10.5. The van der Waals surface area contributed by atoms with Gasteiger partial charge in [-0.2, -0.15) is 5.10 Å². The standard InChI is InChI=1S/C16H14N2O4/c1-20-13-5-11(6-14(7-13)21-2)16(19)22-12-4-3-10-9-17-18-15(10)8-12/h3-9H,1-2H3,(H,17,18). The van der Waals surface area contributed by atoms with Gasteiger partial charge < -0.3 is 14.2 Å². The van der Waals surface area contributed by atoms with Crippen molar-refractivity contribution in [3.63, 3.8) is 0 Å². The van der Waals surface area contributed by atoms with Crippen LogP contribution < -0.4 is 14.2 Å². The molecule has 22 heavy (non-hydrogen) atoms. The molecule has 0 fully saturated rings. The first-order valence-electron chi connectivity index (χ1n) is 6.58. The minimum atomic E-state index is -0.490. The zero-order chi connectivity index (χ0) is 15.5. The molecular formula is C16H14N2O4. The first-order valence-corrected chi connectivity index (χ1v) is 6.58. The Bertz CT molecular complexity index is 804. The average molecular weight is 298 g/mol. The molecule has 0 aliphatic carbocycles. The fourth-order valence-corrected chi connectivity index (χ4v) is 2.07. The van der Waals surface area contributed by atoms with E-state index in [4.69, 9.17) is 14.2 Å². The molecule has 3 aromatic rings. The number of hydrogen-bond donors (Lipinski definition) is 1. The summed E-state index contributed by atoms with van der Waals surface area (Å²) in [7, 11) is 3.05. The van der Waals surface area contributed by atoms with Crippen molar-refractivity contribution in [1.29, 1.82) is 0 Å². The number of aromatic nitrogens is 2. The molecule has 0 aliphatic heterocycles. The van der Waals surface area contributed by atoms with E-state index in [-0.39, 0.29) is 0 Å². The summed E-state index contributed by atoms with van der Waals surface area (Å²) >= 11 is 0. The fourth-order valence-electron chi connectivity index (χ4n) is 2.07. The molecule has 1 heterocycles. The number of carbonyl (C=O) groups is 1. The van der Waals surface area contributed by atoms with E-state index in [0.717, 1.165) is 10.9 Å². The molecule has 6 heteroatoms. The van der Waals surface area contributed by atoms with E-state index in [2.05, 4.69) is 10.2 Å². The van der Waals surface area contributed by atoms with E-state index in [1.807, 2.05) is 6.07 Å². The third-order valence-electron chi connectivity index (χ3n) is 3.21. The van der Waals surface area contributed by atoms with Crippen LogP contribution in [0.15, 0.2) is 42.6 Å². The molecule has 0 aliphatic rings. The Morgan fingerprint density at radius 2 is 1.73 bits per heavy atom. The number of esters is 1. The monoisotopic (exact) mass is 298 g/mol. The molecule has 0 atom stereocenters. The summed E-state index contributed by atoms with van der Waals surface area (Å²) in [5.41, 5.74) is 1.15. The summed E-state index contributed by atoms with van der Waals surface area (Å²) in [5, 5.41) is 7.70. The van der Waals surface area contributed by atoms with Gasteiger partial charge in [0.25, 0.3) is 0 Å². The third kappa shape index (κ3) is 2.71. The highest BCUT2D eigenvalue weighted by Gasteiger charge is 2.13. The summed E-state index contributed by atoms with van der Waals surface area (Å²) in [6.07, 6.45) is 1.70. The summed E-state index contributed by atoms with van der Waals surface area (Å²) in [4.78, 5) is 12.3. The molecule has 2 aromatic carbocycles. The third-order valence-corrected chi connectivity index (χ3v) is 3.21. The van der Waals surface area contributed by atoms with Crippen molar-refractivity contribution in [2.75, 3.05) is 14.2 Å². The van der Waals surface area contributed by atoms with Crippen molar-refractivity contribution in [2.24, 2.45) is 0 Å². The lowest BCUT2D eigenvalue weighted by atomic mass is 10.2. The molecule has 0 bridgehead atoms. The molecule has 0 saturated heterocycles. The number of aromatic amines is 1. The van der Waals surface area contributed by atoms with Crippen LogP contribution in [0.4, 0.5) is 0 Å². The van der Waals surface area contributed by atoms with E-state index < -0.39 is 5.97 Å². The van der Waals surface area contributed by atoms with E-state index in [1.54, 1.807) is 36.5 Å². The molecule has 0 amide bonds. The maximum atomic E-state index is 12.3. The number of benzene rings is 2. The summed E-state index contributed by atoms with van der Waals surface area (Å²) in [5.74, 6) is 0.991. The van der Waals surface area contributed by atoms with Crippen LogP contribution in [0, 0.1) is 0 Å². The van der Waals surface area contributed by atoms with Crippen molar-refractivity contribution in [3.8, 4) is 17.2 Å². The Hall–Kier alpha value is -3.02. The van der Waals surface area contributed by atoms with Crippen LogP contribution in [0.5, 0.6) is 17.2 Å². The molecule has 0 saturated carbocycles. The molecule has 1 N–H and O–H groups in total. The number of H-pyrrole nitrogens is 1. The minimum absolute atomic E-state index is 0.348. The van der Waals surface area contributed by atoms with E-state index in [0.29, 0.717) is 22.8 Å². The van der Waals surface area contributed by atoms with Crippen LogP contribution in [-0.4, -0.2) is 30.4 Å². The molecule has 3 rings (SSSR count). The molecule has 112 valence electrons.